The topological polar surface area (TPSA) is 85.8 Å². The molecule has 5 heteroatoms. The van der Waals surface area contributed by atoms with Crippen molar-refractivity contribution in [2.75, 3.05) is 5.32 Å². The minimum Gasteiger partial charge on any atom is -0.358 e. The lowest BCUT2D eigenvalue weighted by Crippen LogP contribution is -2.26. The van der Waals surface area contributed by atoms with Crippen molar-refractivity contribution in [2.45, 2.75) is 20.3 Å². The largest absolute Gasteiger partial charge is 0.358 e. The van der Waals surface area contributed by atoms with Gasteiger partial charge in [0.1, 0.15) is 5.92 Å². The fourth-order valence-corrected chi connectivity index (χ4v) is 2.98. The molecule has 1 atom stereocenters. The molecule has 3 rings (SSSR count). The maximum absolute atomic E-state index is 12.8. The molecule has 1 heterocycles. The lowest BCUT2D eigenvalue weighted by molar-refractivity contribution is -0.118. The highest BCUT2D eigenvalue weighted by Crippen LogP contribution is 2.17. The molecule has 0 saturated carbocycles. The Labute approximate surface area is 151 Å². The Bertz CT molecular complexity index is 1080. The summed E-state index contributed by atoms with van der Waals surface area (Å²) >= 11 is 0. The zero-order valence-corrected chi connectivity index (χ0v) is 14.7. The second-order valence-electron chi connectivity index (χ2n) is 6.29. The van der Waals surface area contributed by atoms with Gasteiger partial charge in [-0.1, -0.05) is 30.3 Å². The Kier molecular flexibility index (Phi) is 4.85. The van der Waals surface area contributed by atoms with E-state index in [0.717, 1.165) is 11.1 Å². The van der Waals surface area contributed by atoms with Crippen LogP contribution in [0.25, 0.3) is 10.9 Å². The summed E-state index contributed by atoms with van der Waals surface area (Å²) in [5.74, 6) is -1.36. The van der Waals surface area contributed by atoms with Gasteiger partial charge in [0, 0.05) is 34.3 Å². The summed E-state index contributed by atoms with van der Waals surface area (Å²) in [6.45, 7) is 3.67. The first-order valence-corrected chi connectivity index (χ1v) is 8.38. The monoisotopic (exact) mass is 345 g/mol. The molecular weight excluding hydrogens is 326 g/mol. The van der Waals surface area contributed by atoms with Gasteiger partial charge < -0.3 is 10.3 Å². The molecule has 1 amide bonds. The van der Waals surface area contributed by atoms with Crippen molar-refractivity contribution < 1.29 is 4.79 Å². The predicted molar refractivity (Wildman–Crippen MR) is 102 cm³/mol. The number of para-hydroxylation sites is 2. The molecule has 0 saturated heterocycles. The van der Waals surface area contributed by atoms with E-state index in [4.69, 9.17) is 0 Å². The SMILES string of the molecule is Cc1ccccc1NC(=O)[C@@H](C#N)Cc1c(C)[nH]c2ccccc2c1=O. The zero-order chi connectivity index (χ0) is 18.7. The van der Waals surface area contributed by atoms with Crippen LogP contribution in [-0.2, 0) is 11.2 Å². The molecule has 2 aromatic carbocycles. The van der Waals surface area contributed by atoms with Crippen molar-refractivity contribution in [2.24, 2.45) is 5.92 Å². The maximum atomic E-state index is 12.8. The Morgan fingerprint density at radius 3 is 2.58 bits per heavy atom. The van der Waals surface area contributed by atoms with Crippen LogP contribution in [0, 0.1) is 31.1 Å². The normalized spacial score (nSPS) is 11.7. The van der Waals surface area contributed by atoms with Gasteiger partial charge >= 0.3 is 0 Å². The highest BCUT2D eigenvalue weighted by atomic mass is 16.2. The number of fused-ring (bicyclic) bond motifs is 1. The van der Waals surface area contributed by atoms with Crippen molar-refractivity contribution in [3.8, 4) is 6.07 Å². The summed E-state index contributed by atoms with van der Waals surface area (Å²) in [6.07, 6.45) is 0.0697. The van der Waals surface area contributed by atoms with E-state index in [1.54, 1.807) is 25.1 Å². The third-order valence-electron chi connectivity index (χ3n) is 4.50. The van der Waals surface area contributed by atoms with Crippen molar-refractivity contribution in [3.05, 3.63) is 75.6 Å². The summed E-state index contributed by atoms with van der Waals surface area (Å²) in [4.78, 5) is 28.5. The van der Waals surface area contributed by atoms with Gasteiger partial charge in [-0.3, -0.25) is 9.59 Å². The maximum Gasteiger partial charge on any atom is 0.242 e. The number of aromatic amines is 1. The number of pyridine rings is 1. The summed E-state index contributed by atoms with van der Waals surface area (Å²) < 4.78 is 0. The van der Waals surface area contributed by atoms with Gasteiger partial charge in [-0.2, -0.15) is 5.26 Å². The van der Waals surface area contributed by atoms with Gasteiger partial charge in [0.25, 0.3) is 0 Å². The molecule has 3 aromatic rings. The van der Waals surface area contributed by atoms with Crippen LogP contribution in [0.2, 0.25) is 0 Å². The van der Waals surface area contributed by atoms with Crippen LogP contribution in [0.3, 0.4) is 0 Å². The number of hydrogen-bond acceptors (Lipinski definition) is 3. The highest BCUT2D eigenvalue weighted by molar-refractivity contribution is 5.95. The molecule has 0 bridgehead atoms. The summed E-state index contributed by atoms with van der Waals surface area (Å²) in [7, 11) is 0. The molecule has 26 heavy (non-hydrogen) atoms. The minimum atomic E-state index is -0.949. The second kappa shape index (κ2) is 7.24. The Balaban J connectivity index is 1.90. The number of nitriles is 1. The van der Waals surface area contributed by atoms with E-state index in [0.29, 0.717) is 22.3 Å². The zero-order valence-electron chi connectivity index (χ0n) is 14.7. The van der Waals surface area contributed by atoms with Gasteiger partial charge in [-0.25, -0.2) is 0 Å². The van der Waals surface area contributed by atoms with Crippen LogP contribution in [0.15, 0.2) is 53.3 Å². The van der Waals surface area contributed by atoms with E-state index in [-0.39, 0.29) is 11.8 Å². The standard InChI is InChI=1S/C21H19N3O2/c1-13-7-3-5-9-18(13)24-21(26)15(12-22)11-17-14(2)23-19-10-6-4-8-16(19)20(17)25/h3-10,15H,11H2,1-2H3,(H,23,25)(H,24,26)/t15-/m1/s1. The quantitative estimate of drug-likeness (QED) is 0.759. The van der Waals surface area contributed by atoms with Gasteiger partial charge in [0.05, 0.1) is 6.07 Å². The second-order valence-corrected chi connectivity index (χ2v) is 6.29. The summed E-state index contributed by atoms with van der Waals surface area (Å²) in [5, 5.41) is 12.8. The molecule has 0 spiro atoms. The average molecular weight is 345 g/mol. The first-order valence-electron chi connectivity index (χ1n) is 8.38. The van der Waals surface area contributed by atoms with Crippen LogP contribution in [0.1, 0.15) is 16.8 Å². The number of nitrogens with one attached hydrogen (secondary N) is 2. The number of aryl methyl sites for hydroxylation is 2. The van der Waals surface area contributed by atoms with E-state index >= 15 is 0 Å². The number of carbonyl (C=O) groups excluding carboxylic acids is 1. The van der Waals surface area contributed by atoms with E-state index in [9.17, 15) is 14.9 Å². The molecule has 0 fully saturated rings. The Hall–Kier alpha value is -3.39. The number of H-pyrrole nitrogens is 1. The fourth-order valence-electron chi connectivity index (χ4n) is 2.98. The molecule has 2 N–H and O–H groups in total. The number of nitrogens with zero attached hydrogens (tertiary/aromatic N) is 1. The van der Waals surface area contributed by atoms with E-state index in [2.05, 4.69) is 10.3 Å². The smallest absolute Gasteiger partial charge is 0.242 e. The van der Waals surface area contributed by atoms with Gasteiger partial charge in [0.2, 0.25) is 5.91 Å². The van der Waals surface area contributed by atoms with E-state index in [1.165, 1.54) is 0 Å². The predicted octanol–water partition coefficient (Wildman–Crippen LogP) is 3.47. The Morgan fingerprint density at radius 1 is 1.15 bits per heavy atom. The molecule has 0 aliphatic rings. The number of amides is 1. The summed E-state index contributed by atoms with van der Waals surface area (Å²) in [6, 6.07) is 16.6. The molecule has 0 aliphatic heterocycles. The van der Waals surface area contributed by atoms with Crippen molar-refractivity contribution in [1.29, 1.82) is 5.26 Å². The lowest BCUT2D eigenvalue weighted by atomic mass is 9.96. The van der Waals surface area contributed by atoms with Crippen LogP contribution in [0.4, 0.5) is 5.69 Å². The first kappa shape index (κ1) is 17.4. The molecular formula is C21H19N3O2. The molecule has 0 radical (unpaired) electrons. The van der Waals surface area contributed by atoms with E-state index < -0.39 is 11.8 Å². The fraction of sp³-hybridized carbons (Fsp3) is 0.190. The van der Waals surface area contributed by atoms with Gasteiger partial charge in [-0.05, 0) is 37.6 Å². The van der Waals surface area contributed by atoms with Crippen LogP contribution in [-0.4, -0.2) is 10.9 Å². The number of anilines is 1. The highest BCUT2D eigenvalue weighted by Gasteiger charge is 2.22. The molecule has 5 nitrogen and oxygen atoms in total. The molecule has 130 valence electrons. The van der Waals surface area contributed by atoms with E-state index in [1.807, 2.05) is 43.3 Å². The van der Waals surface area contributed by atoms with Crippen LogP contribution < -0.4 is 10.7 Å². The van der Waals surface area contributed by atoms with Crippen molar-refractivity contribution >= 4 is 22.5 Å². The Morgan fingerprint density at radius 2 is 1.85 bits per heavy atom. The third kappa shape index (κ3) is 3.35. The number of aromatic nitrogens is 1. The van der Waals surface area contributed by atoms with Gasteiger partial charge in [0.15, 0.2) is 5.43 Å². The average Bonchev–Trinajstić information content (AvgIpc) is 2.63. The molecule has 0 aliphatic carbocycles. The van der Waals surface area contributed by atoms with Crippen molar-refractivity contribution in [3.63, 3.8) is 0 Å². The number of rotatable bonds is 4. The number of benzene rings is 2. The van der Waals surface area contributed by atoms with Gasteiger partial charge in [-0.15, -0.1) is 0 Å². The first-order chi connectivity index (χ1) is 12.5. The van der Waals surface area contributed by atoms with Crippen molar-refractivity contribution in [1.82, 2.24) is 4.98 Å². The summed E-state index contributed by atoms with van der Waals surface area (Å²) in [5.41, 5.74) is 3.34. The lowest BCUT2D eigenvalue weighted by Gasteiger charge is -2.13. The molecule has 0 unspecified atom stereocenters. The van der Waals surface area contributed by atoms with Crippen LogP contribution in [0.5, 0.6) is 0 Å². The molecule has 1 aromatic heterocycles. The minimum absolute atomic E-state index is 0.0697. The number of carbonyl (C=O) groups is 1. The third-order valence-corrected chi connectivity index (χ3v) is 4.50. The number of hydrogen-bond donors (Lipinski definition) is 2. The van der Waals surface area contributed by atoms with Crippen LogP contribution >= 0.6 is 0 Å².